The van der Waals surface area contributed by atoms with Gasteiger partial charge in [-0.25, -0.2) is 0 Å². The van der Waals surface area contributed by atoms with E-state index < -0.39 is 0 Å². The number of allylic oxidation sites excluding steroid dienone is 3. The molecular weight excluding hydrogens is 146 g/mol. The van der Waals surface area contributed by atoms with Crippen LogP contribution < -0.4 is 0 Å². The van der Waals surface area contributed by atoms with Gasteiger partial charge in [-0.1, -0.05) is 30.4 Å². The van der Waals surface area contributed by atoms with Crippen molar-refractivity contribution in [3.63, 3.8) is 0 Å². The van der Waals surface area contributed by atoms with Gasteiger partial charge in [0.25, 0.3) is 0 Å². The van der Waals surface area contributed by atoms with E-state index in [1.54, 1.807) is 0 Å². The van der Waals surface area contributed by atoms with Gasteiger partial charge in [0.05, 0.1) is 0 Å². The Bertz CT molecular complexity index is 193. The summed E-state index contributed by atoms with van der Waals surface area (Å²) in [4.78, 5) is 2.13. The molecule has 0 radical (unpaired) electrons. The molecule has 0 unspecified atom stereocenters. The van der Waals surface area contributed by atoms with Crippen LogP contribution in [0.5, 0.6) is 0 Å². The summed E-state index contributed by atoms with van der Waals surface area (Å²) in [5.41, 5.74) is 2.56. The summed E-state index contributed by atoms with van der Waals surface area (Å²) < 4.78 is 0. The highest BCUT2D eigenvalue weighted by atomic mass is 15.0. The van der Waals surface area contributed by atoms with E-state index in [1.165, 1.54) is 11.1 Å². The number of likely N-dealkylation sites (N-methyl/N-ethyl adjacent to an activating group) is 1. The normalized spacial score (nSPS) is 11.6. The standard InChI is InChI=1S/C11H19N/c1-6-11(9-12(4)5)8-7-10(2)3/h6-8H,1,9H2,2-5H3/b11-8+. The summed E-state index contributed by atoms with van der Waals surface area (Å²) in [6, 6.07) is 0. The van der Waals surface area contributed by atoms with Crippen molar-refractivity contribution in [2.24, 2.45) is 0 Å². The maximum atomic E-state index is 3.77. The zero-order valence-corrected chi connectivity index (χ0v) is 8.59. The third-order valence-electron chi connectivity index (χ3n) is 1.39. The van der Waals surface area contributed by atoms with E-state index in [0.717, 1.165) is 6.54 Å². The van der Waals surface area contributed by atoms with Crippen molar-refractivity contribution in [2.75, 3.05) is 20.6 Å². The number of hydrogen-bond acceptors (Lipinski definition) is 1. The molecular formula is C11H19N. The van der Waals surface area contributed by atoms with Crippen molar-refractivity contribution in [2.45, 2.75) is 13.8 Å². The molecule has 0 N–H and O–H groups in total. The van der Waals surface area contributed by atoms with Gasteiger partial charge in [-0.2, -0.15) is 0 Å². The molecule has 0 aliphatic carbocycles. The highest BCUT2D eigenvalue weighted by Gasteiger charge is 1.91. The molecule has 0 saturated heterocycles. The molecule has 1 heteroatoms. The molecule has 0 bridgehead atoms. The predicted molar refractivity (Wildman–Crippen MR) is 56.3 cm³/mol. The fraction of sp³-hybridized carbons (Fsp3) is 0.455. The van der Waals surface area contributed by atoms with E-state index in [0.29, 0.717) is 0 Å². The molecule has 0 heterocycles. The Morgan fingerprint density at radius 2 is 1.83 bits per heavy atom. The van der Waals surface area contributed by atoms with Gasteiger partial charge in [0.15, 0.2) is 0 Å². The van der Waals surface area contributed by atoms with Crippen LogP contribution in [0.15, 0.2) is 36.0 Å². The van der Waals surface area contributed by atoms with Crippen LogP contribution in [0.4, 0.5) is 0 Å². The van der Waals surface area contributed by atoms with E-state index in [1.807, 2.05) is 6.08 Å². The minimum atomic E-state index is 0.952. The molecule has 0 spiro atoms. The van der Waals surface area contributed by atoms with Crippen LogP contribution in [-0.4, -0.2) is 25.5 Å². The third kappa shape index (κ3) is 5.93. The van der Waals surface area contributed by atoms with Gasteiger partial charge >= 0.3 is 0 Å². The summed E-state index contributed by atoms with van der Waals surface area (Å²) in [5.74, 6) is 0. The molecule has 1 nitrogen and oxygen atoms in total. The summed E-state index contributed by atoms with van der Waals surface area (Å²) >= 11 is 0. The van der Waals surface area contributed by atoms with Gasteiger partial charge in [0.2, 0.25) is 0 Å². The molecule has 68 valence electrons. The zero-order chi connectivity index (χ0) is 9.56. The van der Waals surface area contributed by atoms with Crippen LogP contribution in [0, 0.1) is 0 Å². The minimum absolute atomic E-state index is 0.952. The first-order chi connectivity index (χ1) is 5.56. The SMILES string of the molecule is C=C/C(=C\C=C(C)C)CN(C)C. The van der Waals surface area contributed by atoms with Crippen molar-refractivity contribution >= 4 is 0 Å². The van der Waals surface area contributed by atoms with E-state index in [9.17, 15) is 0 Å². The Morgan fingerprint density at radius 1 is 1.25 bits per heavy atom. The monoisotopic (exact) mass is 165 g/mol. The predicted octanol–water partition coefficient (Wildman–Crippen LogP) is 2.63. The fourth-order valence-corrected chi connectivity index (χ4v) is 0.824. The van der Waals surface area contributed by atoms with E-state index >= 15 is 0 Å². The van der Waals surface area contributed by atoms with E-state index in [4.69, 9.17) is 0 Å². The quantitative estimate of drug-likeness (QED) is 0.579. The summed E-state index contributed by atoms with van der Waals surface area (Å²) in [6.45, 7) is 8.90. The van der Waals surface area contributed by atoms with Gasteiger partial charge in [-0.05, 0) is 33.5 Å². The van der Waals surface area contributed by atoms with E-state index in [-0.39, 0.29) is 0 Å². The van der Waals surface area contributed by atoms with Crippen molar-refractivity contribution in [3.05, 3.63) is 36.0 Å². The lowest BCUT2D eigenvalue weighted by molar-refractivity contribution is 0.449. The first-order valence-corrected chi connectivity index (χ1v) is 4.17. The lowest BCUT2D eigenvalue weighted by Crippen LogP contribution is -2.14. The molecule has 0 saturated carbocycles. The maximum Gasteiger partial charge on any atom is 0.0227 e. The van der Waals surface area contributed by atoms with Gasteiger partial charge in [0, 0.05) is 6.54 Å². The Balaban J connectivity index is 4.24. The van der Waals surface area contributed by atoms with E-state index in [2.05, 4.69) is 51.6 Å². The second-order valence-corrected chi connectivity index (χ2v) is 3.43. The highest BCUT2D eigenvalue weighted by molar-refractivity contribution is 5.24. The first kappa shape index (κ1) is 11.2. The lowest BCUT2D eigenvalue weighted by Gasteiger charge is -2.09. The van der Waals surface area contributed by atoms with Gasteiger partial charge < -0.3 is 4.90 Å². The second-order valence-electron chi connectivity index (χ2n) is 3.43. The molecule has 0 amide bonds. The minimum Gasteiger partial charge on any atom is -0.305 e. The molecule has 0 atom stereocenters. The zero-order valence-electron chi connectivity index (χ0n) is 8.59. The Morgan fingerprint density at radius 3 is 2.17 bits per heavy atom. The molecule has 0 aliphatic heterocycles. The summed E-state index contributed by atoms with van der Waals surface area (Å²) in [6.07, 6.45) is 6.13. The topological polar surface area (TPSA) is 3.24 Å². The number of rotatable bonds is 4. The van der Waals surface area contributed by atoms with Crippen LogP contribution in [0.25, 0.3) is 0 Å². The molecule has 0 aromatic carbocycles. The van der Waals surface area contributed by atoms with Gasteiger partial charge in [-0.15, -0.1) is 0 Å². The molecule has 0 aliphatic rings. The van der Waals surface area contributed by atoms with Gasteiger partial charge in [-0.3, -0.25) is 0 Å². The van der Waals surface area contributed by atoms with Crippen LogP contribution in [-0.2, 0) is 0 Å². The molecule has 12 heavy (non-hydrogen) atoms. The number of hydrogen-bond donors (Lipinski definition) is 0. The second kappa shape index (κ2) is 5.78. The first-order valence-electron chi connectivity index (χ1n) is 4.17. The largest absolute Gasteiger partial charge is 0.305 e. The summed E-state index contributed by atoms with van der Waals surface area (Å²) in [7, 11) is 4.11. The smallest absolute Gasteiger partial charge is 0.0227 e. The fourth-order valence-electron chi connectivity index (χ4n) is 0.824. The Kier molecular flexibility index (Phi) is 5.39. The number of nitrogens with zero attached hydrogens (tertiary/aromatic N) is 1. The Hall–Kier alpha value is -0.820. The molecule has 0 aromatic rings. The van der Waals surface area contributed by atoms with Gasteiger partial charge in [0.1, 0.15) is 0 Å². The highest BCUT2D eigenvalue weighted by Crippen LogP contribution is 1.99. The lowest BCUT2D eigenvalue weighted by atomic mass is 10.2. The van der Waals surface area contributed by atoms with Crippen LogP contribution in [0.1, 0.15) is 13.8 Å². The molecule has 0 fully saturated rings. The van der Waals surface area contributed by atoms with Crippen LogP contribution >= 0.6 is 0 Å². The maximum absolute atomic E-state index is 3.77. The van der Waals surface area contributed by atoms with Crippen molar-refractivity contribution < 1.29 is 0 Å². The van der Waals surface area contributed by atoms with Crippen molar-refractivity contribution in [3.8, 4) is 0 Å². The average molecular weight is 165 g/mol. The molecule has 0 rings (SSSR count). The van der Waals surface area contributed by atoms with Crippen LogP contribution in [0.3, 0.4) is 0 Å². The van der Waals surface area contributed by atoms with Crippen molar-refractivity contribution in [1.82, 2.24) is 4.90 Å². The Labute approximate surface area is 76.1 Å². The summed E-state index contributed by atoms with van der Waals surface area (Å²) in [5, 5.41) is 0. The van der Waals surface area contributed by atoms with Crippen molar-refractivity contribution in [1.29, 1.82) is 0 Å². The molecule has 0 aromatic heterocycles. The van der Waals surface area contributed by atoms with Crippen LogP contribution in [0.2, 0.25) is 0 Å². The third-order valence-corrected chi connectivity index (χ3v) is 1.39. The average Bonchev–Trinajstić information content (AvgIpc) is 1.97.